The van der Waals surface area contributed by atoms with E-state index in [0.717, 1.165) is 0 Å². The van der Waals surface area contributed by atoms with E-state index in [9.17, 15) is 4.79 Å². The zero-order valence-electron chi connectivity index (χ0n) is 8.54. The monoisotopic (exact) mass is 229 g/mol. The molecule has 0 fully saturated rings. The van der Waals surface area contributed by atoms with Gasteiger partial charge in [-0.05, 0) is 16.5 Å². The van der Waals surface area contributed by atoms with Gasteiger partial charge in [0, 0.05) is 5.39 Å². The molecule has 3 rings (SSSR count). The highest BCUT2D eigenvalue weighted by atomic mass is 16.3. The summed E-state index contributed by atoms with van der Waals surface area (Å²) < 4.78 is 5.53. The number of amides is 1. The van der Waals surface area contributed by atoms with E-state index in [2.05, 4.69) is 20.6 Å². The van der Waals surface area contributed by atoms with Gasteiger partial charge in [0.25, 0.3) is 5.91 Å². The number of para-hydroxylation sites is 1. The first kappa shape index (κ1) is 9.52. The predicted octanol–water partition coefficient (Wildman–Crippen LogP) is 0.712. The number of fused-ring (bicyclic) bond motifs is 1. The Morgan fingerprint density at radius 1 is 1.35 bits per heavy atom. The summed E-state index contributed by atoms with van der Waals surface area (Å²) in [5.41, 5.74) is 6.19. The minimum atomic E-state index is -0.582. The van der Waals surface area contributed by atoms with Crippen LogP contribution in [-0.2, 0) is 0 Å². The van der Waals surface area contributed by atoms with E-state index < -0.39 is 5.91 Å². The van der Waals surface area contributed by atoms with E-state index in [1.165, 1.54) is 0 Å². The molecule has 84 valence electrons. The molecule has 0 radical (unpaired) electrons. The third-order valence-electron chi connectivity index (χ3n) is 2.40. The lowest BCUT2D eigenvalue weighted by atomic mass is 10.1. The summed E-state index contributed by atoms with van der Waals surface area (Å²) in [4.78, 5) is 11.5. The number of carbonyl (C=O) groups excluding carboxylic acids is 1. The molecule has 1 aromatic carbocycles. The number of benzene rings is 1. The Hall–Kier alpha value is -2.70. The van der Waals surface area contributed by atoms with Gasteiger partial charge < -0.3 is 10.2 Å². The molecule has 0 aliphatic heterocycles. The summed E-state index contributed by atoms with van der Waals surface area (Å²) in [7, 11) is 0. The number of nitrogens with zero attached hydrogens (tertiary/aromatic N) is 3. The number of furan rings is 1. The number of hydrogen-bond donors (Lipinski definition) is 2. The van der Waals surface area contributed by atoms with Crippen LogP contribution in [0.4, 0.5) is 0 Å². The van der Waals surface area contributed by atoms with E-state index in [-0.39, 0.29) is 17.1 Å². The standard InChI is InChI=1S/C10H7N5O2/c11-9(16)7-5-3-1-2-4-6(5)17-8(7)10-12-14-15-13-10/h1-4H,(H2,11,16)(H,12,13,14,15). The second-order valence-electron chi connectivity index (χ2n) is 3.42. The number of aromatic nitrogens is 4. The Labute approximate surface area is 94.6 Å². The molecule has 7 heteroatoms. The predicted molar refractivity (Wildman–Crippen MR) is 57.9 cm³/mol. The van der Waals surface area contributed by atoms with Gasteiger partial charge >= 0.3 is 0 Å². The van der Waals surface area contributed by atoms with Crippen LogP contribution in [0.25, 0.3) is 22.6 Å². The molecule has 0 saturated carbocycles. The summed E-state index contributed by atoms with van der Waals surface area (Å²) in [5.74, 6) is -0.0555. The van der Waals surface area contributed by atoms with E-state index >= 15 is 0 Å². The van der Waals surface area contributed by atoms with Crippen molar-refractivity contribution in [2.45, 2.75) is 0 Å². The summed E-state index contributed by atoms with van der Waals surface area (Å²) >= 11 is 0. The van der Waals surface area contributed by atoms with Crippen LogP contribution in [0.5, 0.6) is 0 Å². The van der Waals surface area contributed by atoms with Crippen LogP contribution in [0.2, 0.25) is 0 Å². The molecular formula is C10H7N5O2. The Kier molecular flexibility index (Phi) is 1.91. The fraction of sp³-hybridized carbons (Fsp3) is 0. The van der Waals surface area contributed by atoms with Crippen molar-refractivity contribution < 1.29 is 9.21 Å². The van der Waals surface area contributed by atoms with E-state index in [4.69, 9.17) is 10.2 Å². The Bertz CT molecular complexity index is 686. The van der Waals surface area contributed by atoms with Crippen LogP contribution >= 0.6 is 0 Å². The molecule has 0 aliphatic rings. The highest BCUT2D eigenvalue weighted by Gasteiger charge is 2.21. The molecule has 3 aromatic rings. The largest absolute Gasteiger partial charge is 0.452 e. The van der Waals surface area contributed by atoms with Crippen molar-refractivity contribution in [1.82, 2.24) is 20.6 Å². The fourth-order valence-electron chi connectivity index (χ4n) is 1.71. The van der Waals surface area contributed by atoms with Gasteiger partial charge in [-0.3, -0.25) is 4.79 Å². The smallest absolute Gasteiger partial charge is 0.253 e. The molecule has 17 heavy (non-hydrogen) atoms. The topological polar surface area (TPSA) is 111 Å². The average Bonchev–Trinajstić information content (AvgIpc) is 2.95. The highest BCUT2D eigenvalue weighted by Crippen LogP contribution is 2.30. The third kappa shape index (κ3) is 1.36. The normalized spacial score (nSPS) is 10.8. The second-order valence-corrected chi connectivity index (χ2v) is 3.42. The van der Waals surface area contributed by atoms with E-state index in [1.807, 2.05) is 0 Å². The Balaban J connectivity index is 2.38. The van der Waals surface area contributed by atoms with Gasteiger partial charge in [0.15, 0.2) is 5.76 Å². The minimum Gasteiger partial charge on any atom is -0.452 e. The maximum Gasteiger partial charge on any atom is 0.253 e. The van der Waals surface area contributed by atoms with E-state index in [1.54, 1.807) is 24.3 Å². The van der Waals surface area contributed by atoms with Crippen molar-refractivity contribution in [1.29, 1.82) is 0 Å². The highest BCUT2D eigenvalue weighted by molar-refractivity contribution is 6.09. The second kappa shape index (κ2) is 3.41. The quantitative estimate of drug-likeness (QED) is 0.672. The maximum atomic E-state index is 11.5. The lowest BCUT2D eigenvalue weighted by molar-refractivity contribution is 0.100. The SMILES string of the molecule is NC(=O)c1c(-c2nnn[nH]2)oc2ccccc12. The van der Waals surface area contributed by atoms with Crippen molar-refractivity contribution in [3.63, 3.8) is 0 Å². The van der Waals surface area contributed by atoms with Crippen molar-refractivity contribution in [2.75, 3.05) is 0 Å². The maximum absolute atomic E-state index is 11.5. The summed E-state index contributed by atoms with van der Waals surface area (Å²) in [6.45, 7) is 0. The molecule has 7 nitrogen and oxygen atoms in total. The summed E-state index contributed by atoms with van der Waals surface area (Å²) in [6, 6.07) is 7.10. The van der Waals surface area contributed by atoms with Gasteiger partial charge in [-0.15, -0.1) is 5.10 Å². The van der Waals surface area contributed by atoms with Crippen LogP contribution in [0.1, 0.15) is 10.4 Å². The number of carbonyl (C=O) groups is 1. The van der Waals surface area contributed by atoms with Gasteiger partial charge in [-0.25, -0.2) is 5.10 Å². The fourth-order valence-corrected chi connectivity index (χ4v) is 1.71. The lowest BCUT2D eigenvalue weighted by Gasteiger charge is -1.93. The van der Waals surface area contributed by atoms with Crippen LogP contribution in [0.15, 0.2) is 28.7 Å². The van der Waals surface area contributed by atoms with Crippen LogP contribution in [-0.4, -0.2) is 26.5 Å². The molecule has 0 spiro atoms. The van der Waals surface area contributed by atoms with Crippen LogP contribution in [0, 0.1) is 0 Å². The van der Waals surface area contributed by atoms with Crippen LogP contribution < -0.4 is 5.73 Å². The number of primary amides is 1. The number of aromatic amines is 1. The molecule has 0 unspecified atom stereocenters. The number of tetrazole rings is 1. The first-order chi connectivity index (χ1) is 8.27. The van der Waals surface area contributed by atoms with Crippen molar-refractivity contribution in [2.24, 2.45) is 5.73 Å². The van der Waals surface area contributed by atoms with Gasteiger partial charge in [-0.2, -0.15) is 0 Å². The lowest BCUT2D eigenvalue weighted by Crippen LogP contribution is -2.11. The molecule has 1 amide bonds. The van der Waals surface area contributed by atoms with Crippen molar-refractivity contribution >= 4 is 16.9 Å². The molecule has 0 bridgehead atoms. The van der Waals surface area contributed by atoms with Gasteiger partial charge in [0.1, 0.15) is 5.58 Å². The first-order valence-corrected chi connectivity index (χ1v) is 4.83. The van der Waals surface area contributed by atoms with Crippen molar-refractivity contribution in [3.05, 3.63) is 29.8 Å². The Morgan fingerprint density at radius 2 is 2.18 bits per heavy atom. The zero-order valence-corrected chi connectivity index (χ0v) is 8.54. The average molecular weight is 229 g/mol. The minimum absolute atomic E-state index is 0.253. The molecule has 0 aliphatic carbocycles. The van der Waals surface area contributed by atoms with Crippen LogP contribution in [0.3, 0.4) is 0 Å². The van der Waals surface area contributed by atoms with Gasteiger partial charge in [0.05, 0.1) is 5.56 Å². The Morgan fingerprint density at radius 3 is 2.88 bits per heavy atom. The molecule has 3 N–H and O–H groups in total. The molecule has 0 atom stereocenters. The third-order valence-corrected chi connectivity index (χ3v) is 2.40. The van der Waals surface area contributed by atoms with E-state index in [0.29, 0.717) is 11.0 Å². The summed E-state index contributed by atoms with van der Waals surface area (Å²) in [6.07, 6.45) is 0. The van der Waals surface area contributed by atoms with Crippen molar-refractivity contribution in [3.8, 4) is 11.6 Å². The molecular weight excluding hydrogens is 222 g/mol. The molecule has 2 heterocycles. The number of rotatable bonds is 2. The number of nitrogens with two attached hydrogens (primary N) is 1. The zero-order chi connectivity index (χ0) is 11.8. The number of nitrogens with one attached hydrogen (secondary N) is 1. The summed E-state index contributed by atoms with van der Waals surface area (Å²) in [5, 5.41) is 13.8. The molecule has 2 aromatic heterocycles. The first-order valence-electron chi connectivity index (χ1n) is 4.83. The molecule has 0 saturated heterocycles. The van der Waals surface area contributed by atoms with Gasteiger partial charge in [-0.1, -0.05) is 18.2 Å². The number of hydrogen-bond acceptors (Lipinski definition) is 5. The van der Waals surface area contributed by atoms with Gasteiger partial charge in [0.2, 0.25) is 5.82 Å². The number of H-pyrrole nitrogens is 1.